The minimum absolute atomic E-state index is 0.00680. The van der Waals surface area contributed by atoms with Crippen molar-refractivity contribution in [1.29, 1.82) is 0 Å². The Hall–Kier alpha value is -2.66. The number of hydrogen-bond acceptors (Lipinski definition) is 2. The normalized spacial score (nSPS) is 16.6. The zero-order valence-electron chi connectivity index (χ0n) is 17.7. The predicted octanol–water partition coefficient (Wildman–Crippen LogP) is 2.70. The molecule has 0 spiro atoms. The highest BCUT2D eigenvalue weighted by Gasteiger charge is 2.28. The maximum absolute atomic E-state index is 12.7. The van der Waals surface area contributed by atoms with E-state index in [0.29, 0.717) is 36.9 Å². The van der Waals surface area contributed by atoms with E-state index in [4.69, 9.17) is 0 Å². The first-order valence-corrected chi connectivity index (χ1v) is 10.6. The van der Waals surface area contributed by atoms with Gasteiger partial charge in [-0.15, -0.1) is 0 Å². The number of quaternary nitrogens is 1. The number of fused-ring (bicyclic) bond motifs is 1. The second kappa shape index (κ2) is 9.70. The van der Waals surface area contributed by atoms with E-state index in [1.54, 1.807) is 17.0 Å². The van der Waals surface area contributed by atoms with Crippen LogP contribution in [0.25, 0.3) is 0 Å². The lowest BCUT2D eigenvalue weighted by Crippen LogP contribution is -3.10. The van der Waals surface area contributed by atoms with Crippen molar-refractivity contribution in [2.45, 2.75) is 39.2 Å². The quantitative estimate of drug-likeness (QED) is 0.759. The van der Waals surface area contributed by atoms with Gasteiger partial charge in [-0.05, 0) is 50.5 Å². The van der Waals surface area contributed by atoms with Crippen LogP contribution in [-0.2, 0) is 11.2 Å². The molecule has 0 bridgehead atoms. The van der Waals surface area contributed by atoms with Crippen molar-refractivity contribution < 1.29 is 14.5 Å². The molecule has 0 fully saturated rings. The van der Waals surface area contributed by atoms with E-state index in [1.165, 1.54) is 16.0 Å². The van der Waals surface area contributed by atoms with E-state index in [9.17, 15) is 9.59 Å². The molecule has 154 valence electrons. The fourth-order valence-electron chi connectivity index (χ4n) is 4.27. The van der Waals surface area contributed by atoms with Crippen LogP contribution in [0.4, 0.5) is 5.69 Å². The number of nitrogens with one attached hydrogen (secondary N) is 2. The molecule has 0 heterocycles. The van der Waals surface area contributed by atoms with Gasteiger partial charge in [-0.3, -0.25) is 9.59 Å². The van der Waals surface area contributed by atoms with Gasteiger partial charge in [0.15, 0.2) is 6.54 Å². The van der Waals surface area contributed by atoms with Crippen molar-refractivity contribution >= 4 is 17.5 Å². The van der Waals surface area contributed by atoms with Crippen LogP contribution >= 0.6 is 0 Å². The maximum atomic E-state index is 12.7. The summed E-state index contributed by atoms with van der Waals surface area (Å²) in [4.78, 5) is 28.2. The van der Waals surface area contributed by atoms with Gasteiger partial charge in [0.1, 0.15) is 6.04 Å². The molecule has 0 aliphatic heterocycles. The SMILES string of the molecule is CCN(CC)C(=O)c1cccc(NC(=O)C[NH+](C)[C@@H]2CCCc3ccccc32)c1. The topological polar surface area (TPSA) is 53.9 Å². The van der Waals surface area contributed by atoms with Crippen LogP contribution in [0.2, 0.25) is 0 Å². The third kappa shape index (κ3) is 5.04. The van der Waals surface area contributed by atoms with Crippen LogP contribution in [0.5, 0.6) is 0 Å². The minimum Gasteiger partial charge on any atom is -0.339 e. The van der Waals surface area contributed by atoms with E-state index >= 15 is 0 Å². The summed E-state index contributed by atoms with van der Waals surface area (Å²) in [5.74, 6) is -0.0364. The fourth-order valence-corrected chi connectivity index (χ4v) is 4.27. The van der Waals surface area contributed by atoms with Gasteiger partial charge in [0, 0.05) is 36.3 Å². The van der Waals surface area contributed by atoms with Gasteiger partial charge < -0.3 is 15.1 Å². The van der Waals surface area contributed by atoms with Crippen LogP contribution in [0, 0.1) is 0 Å². The van der Waals surface area contributed by atoms with Crippen molar-refractivity contribution in [2.24, 2.45) is 0 Å². The van der Waals surface area contributed by atoms with E-state index in [-0.39, 0.29) is 11.8 Å². The van der Waals surface area contributed by atoms with Gasteiger partial charge in [-0.2, -0.15) is 0 Å². The second-order valence-electron chi connectivity index (χ2n) is 7.77. The number of likely N-dealkylation sites (N-methyl/N-ethyl adjacent to an activating group) is 1. The number of hydrogen-bond donors (Lipinski definition) is 2. The lowest BCUT2D eigenvalue weighted by molar-refractivity contribution is -0.905. The van der Waals surface area contributed by atoms with Crippen LogP contribution in [0.15, 0.2) is 48.5 Å². The van der Waals surface area contributed by atoms with Crippen molar-refractivity contribution in [3.8, 4) is 0 Å². The Morgan fingerprint density at radius 3 is 2.62 bits per heavy atom. The lowest BCUT2D eigenvalue weighted by atomic mass is 9.87. The Morgan fingerprint density at radius 1 is 1.10 bits per heavy atom. The number of benzene rings is 2. The van der Waals surface area contributed by atoms with Gasteiger partial charge in [-0.25, -0.2) is 0 Å². The van der Waals surface area contributed by atoms with Crippen molar-refractivity contribution in [3.63, 3.8) is 0 Å². The highest BCUT2D eigenvalue weighted by molar-refractivity contribution is 5.97. The molecule has 2 atom stereocenters. The molecule has 1 aliphatic rings. The molecule has 2 amide bonds. The molecule has 0 saturated carbocycles. The average molecular weight is 395 g/mol. The Bertz CT molecular complexity index is 861. The summed E-state index contributed by atoms with van der Waals surface area (Å²) < 4.78 is 0. The van der Waals surface area contributed by atoms with Crippen LogP contribution < -0.4 is 10.2 Å². The van der Waals surface area contributed by atoms with Crippen molar-refractivity contribution in [2.75, 3.05) is 32.0 Å². The molecule has 2 N–H and O–H groups in total. The maximum Gasteiger partial charge on any atom is 0.279 e. The van der Waals surface area contributed by atoms with Gasteiger partial charge in [-0.1, -0.05) is 30.3 Å². The van der Waals surface area contributed by atoms with Crippen LogP contribution in [0.1, 0.15) is 54.2 Å². The highest BCUT2D eigenvalue weighted by Crippen LogP contribution is 2.27. The Kier molecular flexibility index (Phi) is 7.04. The number of aryl methyl sites for hydroxylation is 1. The summed E-state index contributed by atoms with van der Waals surface area (Å²) in [5.41, 5.74) is 4.06. The molecule has 0 aromatic heterocycles. The molecule has 1 aliphatic carbocycles. The van der Waals surface area contributed by atoms with E-state index in [0.717, 1.165) is 19.3 Å². The molecule has 0 saturated heterocycles. The third-order valence-corrected chi connectivity index (χ3v) is 5.85. The summed E-state index contributed by atoms with van der Waals surface area (Å²) in [6, 6.07) is 16.1. The number of anilines is 1. The first-order valence-electron chi connectivity index (χ1n) is 10.6. The fraction of sp³-hybridized carbons (Fsp3) is 0.417. The number of nitrogens with zero attached hydrogens (tertiary/aromatic N) is 1. The zero-order valence-corrected chi connectivity index (χ0v) is 17.7. The van der Waals surface area contributed by atoms with Gasteiger partial charge in [0.05, 0.1) is 7.05 Å². The molecule has 5 nitrogen and oxygen atoms in total. The lowest BCUT2D eigenvalue weighted by Gasteiger charge is -2.30. The third-order valence-electron chi connectivity index (χ3n) is 5.85. The molecule has 5 heteroatoms. The number of carbonyl (C=O) groups is 2. The van der Waals surface area contributed by atoms with Gasteiger partial charge >= 0.3 is 0 Å². The first kappa shape index (κ1) is 21.1. The average Bonchev–Trinajstić information content (AvgIpc) is 2.74. The molecule has 0 radical (unpaired) electrons. The van der Waals surface area contributed by atoms with Crippen LogP contribution in [0.3, 0.4) is 0 Å². The number of carbonyl (C=O) groups excluding carboxylic acids is 2. The largest absolute Gasteiger partial charge is 0.339 e. The Balaban J connectivity index is 1.64. The standard InChI is InChI=1S/C24H31N3O2/c1-4-27(5-2)24(29)19-12-8-13-20(16-19)25-23(28)17-26(3)22-15-9-11-18-10-6-7-14-21(18)22/h6-8,10,12-14,16,22H,4-5,9,11,15,17H2,1-3H3,(H,25,28)/p+1/t22-/m1/s1. The first-order chi connectivity index (χ1) is 14.0. The molecule has 2 aromatic carbocycles. The highest BCUT2D eigenvalue weighted by atomic mass is 16.2. The predicted molar refractivity (Wildman–Crippen MR) is 116 cm³/mol. The molecular weight excluding hydrogens is 362 g/mol. The summed E-state index contributed by atoms with van der Waals surface area (Å²) in [6.07, 6.45) is 3.39. The second-order valence-corrected chi connectivity index (χ2v) is 7.77. The zero-order chi connectivity index (χ0) is 20.8. The van der Waals surface area contributed by atoms with E-state index < -0.39 is 0 Å². The minimum atomic E-state index is -0.0296. The monoisotopic (exact) mass is 394 g/mol. The van der Waals surface area contributed by atoms with E-state index in [1.807, 2.05) is 26.0 Å². The van der Waals surface area contributed by atoms with Crippen LogP contribution in [-0.4, -0.2) is 43.4 Å². The van der Waals surface area contributed by atoms with Crippen molar-refractivity contribution in [3.05, 3.63) is 65.2 Å². The van der Waals surface area contributed by atoms with Gasteiger partial charge in [0.2, 0.25) is 0 Å². The Morgan fingerprint density at radius 2 is 1.86 bits per heavy atom. The molecule has 29 heavy (non-hydrogen) atoms. The summed E-state index contributed by atoms with van der Waals surface area (Å²) in [5, 5.41) is 2.98. The summed E-state index contributed by atoms with van der Waals surface area (Å²) in [6.45, 7) is 5.67. The van der Waals surface area contributed by atoms with Gasteiger partial charge in [0.25, 0.3) is 11.8 Å². The van der Waals surface area contributed by atoms with Crippen molar-refractivity contribution in [1.82, 2.24) is 4.90 Å². The Labute approximate surface area is 173 Å². The van der Waals surface area contributed by atoms with E-state index in [2.05, 4.69) is 36.6 Å². The molecule has 2 aromatic rings. The summed E-state index contributed by atoms with van der Waals surface area (Å²) >= 11 is 0. The molecule has 3 rings (SSSR count). The summed E-state index contributed by atoms with van der Waals surface area (Å²) in [7, 11) is 2.09. The molecule has 1 unspecified atom stereocenters. The molecular formula is C24H32N3O2+. The smallest absolute Gasteiger partial charge is 0.279 e. The number of amides is 2. The number of rotatable bonds is 7.